The second-order valence-corrected chi connectivity index (χ2v) is 6.49. The van der Waals surface area contributed by atoms with Gasteiger partial charge in [-0.25, -0.2) is 0 Å². The van der Waals surface area contributed by atoms with E-state index in [1.807, 2.05) is 31.2 Å². The first-order valence-corrected chi connectivity index (χ1v) is 8.28. The first kappa shape index (κ1) is 15.7. The molecule has 1 heterocycles. The largest absolute Gasteiger partial charge is 0.326 e. The predicted octanol–water partition coefficient (Wildman–Crippen LogP) is 2.50. The SMILES string of the molecule is Cc1cccc(NC(=O)CCN2C(=O)[C@H]3CCCC[C@H]3C2=O)c1. The summed E-state index contributed by atoms with van der Waals surface area (Å²) < 4.78 is 0. The van der Waals surface area contributed by atoms with Crippen LogP contribution in [0.1, 0.15) is 37.7 Å². The molecule has 5 heteroatoms. The quantitative estimate of drug-likeness (QED) is 0.868. The van der Waals surface area contributed by atoms with Crippen molar-refractivity contribution >= 4 is 23.4 Å². The molecule has 0 unspecified atom stereocenters. The van der Waals surface area contributed by atoms with E-state index in [1.54, 1.807) is 0 Å². The van der Waals surface area contributed by atoms with Crippen molar-refractivity contribution in [3.05, 3.63) is 29.8 Å². The number of amides is 3. The molecule has 1 aromatic rings. The van der Waals surface area contributed by atoms with Gasteiger partial charge in [0.1, 0.15) is 0 Å². The van der Waals surface area contributed by atoms with Crippen LogP contribution in [0.2, 0.25) is 0 Å². The Morgan fingerprint density at radius 1 is 1.17 bits per heavy atom. The van der Waals surface area contributed by atoms with Crippen LogP contribution in [-0.2, 0) is 14.4 Å². The van der Waals surface area contributed by atoms with Crippen LogP contribution in [0.25, 0.3) is 0 Å². The monoisotopic (exact) mass is 314 g/mol. The number of anilines is 1. The number of carbonyl (C=O) groups is 3. The molecule has 2 atom stereocenters. The van der Waals surface area contributed by atoms with Gasteiger partial charge in [0, 0.05) is 18.7 Å². The van der Waals surface area contributed by atoms with Gasteiger partial charge in [0.2, 0.25) is 17.7 Å². The second-order valence-electron chi connectivity index (χ2n) is 6.49. The van der Waals surface area contributed by atoms with Crippen molar-refractivity contribution in [2.45, 2.75) is 39.0 Å². The molecule has 5 nitrogen and oxygen atoms in total. The van der Waals surface area contributed by atoms with Crippen LogP contribution in [-0.4, -0.2) is 29.2 Å². The third kappa shape index (κ3) is 3.28. The zero-order chi connectivity index (χ0) is 16.4. The van der Waals surface area contributed by atoms with E-state index in [4.69, 9.17) is 0 Å². The lowest BCUT2D eigenvalue weighted by atomic mass is 9.81. The molecule has 23 heavy (non-hydrogen) atoms. The second kappa shape index (κ2) is 6.52. The molecule has 0 radical (unpaired) electrons. The van der Waals surface area contributed by atoms with Crippen molar-refractivity contribution in [3.63, 3.8) is 0 Å². The molecule has 1 saturated carbocycles. The number of imide groups is 1. The van der Waals surface area contributed by atoms with Crippen LogP contribution in [0.4, 0.5) is 5.69 Å². The summed E-state index contributed by atoms with van der Waals surface area (Å²) in [6.45, 7) is 2.14. The fraction of sp³-hybridized carbons (Fsp3) is 0.500. The lowest BCUT2D eigenvalue weighted by molar-refractivity contribution is -0.140. The summed E-state index contributed by atoms with van der Waals surface area (Å²) >= 11 is 0. The number of hydrogen-bond acceptors (Lipinski definition) is 3. The van der Waals surface area contributed by atoms with Crippen molar-refractivity contribution in [1.29, 1.82) is 0 Å². The van der Waals surface area contributed by atoms with E-state index < -0.39 is 0 Å². The Hall–Kier alpha value is -2.17. The Labute approximate surface area is 136 Å². The lowest BCUT2D eigenvalue weighted by Crippen LogP contribution is -2.34. The zero-order valence-electron chi connectivity index (χ0n) is 13.4. The first-order valence-electron chi connectivity index (χ1n) is 8.28. The molecule has 122 valence electrons. The molecule has 0 aromatic heterocycles. The van der Waals surface area contributed by atoms with Gasteiger partial charge in [0.25, 0.3) is 0 Å². The van der Waals surface area contributed by atoms with Gasteiger partial charge < -0.3 is 5.32 Å². The smallest absolute Gasteiger partial charge is 0.233 e. The van der Waals surface area contributed by atoms with Crippen LogP contribution < -0.4 is 5.32 Å². The minimum absolute atomic E-state index is 0.0805. The van der Waals surface area contributed by atoms with E-state index in [2.05, 4.69) is 5.32 Å². The Morgan fingerprint density at radius 2 is 1.83 bits per heavy atom. The lowest BCUT2D eigenvalue weighted by Gasteiger charge is -2.19. The number of hydrogen-bond donors (Lipinski definition) is 1. The molecule has 0 spiro atoms. The van der Waals surface area contributed by atoms with Crippen LogP contribution in [0.15, 0.2) is 24.3 Å². The molecule has 3 rings (SSSR count). The molecule has 1 aliphatic carbocycles. The van der Waals surface area contributed by atoms with Crippen molar-refractivity contribution in [1.82, 2.24) is 4.90 Å². The van der Waals surface area contributed by atoms with Gasteiger partial charge in [0.05, 0.1) is 11.8 Å². The number of aryl methyl sites for hydroxylation is 1. The number of rotatable bonds is 4. The van der Waals surface area contributed by atoms with Crippen molar-refractivity contribution in [3.8, 4) is 0 Å². The van der Waals surface area contributed by atoms with Gasteiger partial charge in [-0.3, -0.25) is 19.3 Å². The Kier molecular flexibility index (Phi) is 4.46. The topological polar surface area (TPSA) is 66.5 Å². The molecular formula is C18H22N2O3. The number of nitrogens with one attached hydrogen (secondary N) is 1. The number of carbonyl (C=O) groups excluding carboxylic acids is 3. The van der Waals surface area contributed by atoms with E-state index in [0.717, 1.165) is 36.9 Å². The van der Waals surface area contributed by atoms with Crippen LogP contribution >= 0.6 is 0 Å². The van der Waals surface area contributed by atoms with Crippen molar-refractivity contribution in [2.24, 2.45) is 11.8 Å². The van der Waals surface area contributed by atoms with E-state index >= 15 is 0 Å². The van der Waals surface area contributed by atoms with Gasteiger partial charge in [-0.1, -0.05) is 25.0 Å². The highest BCUT2D eigenvalue weighted by Gasteiger charge is 2.47. The average molecular weight is 314 g/mol. The Bertz CT molecular complexity index is 617. The maximum atomic E-state index is 12.3. The normalized spacial score (nSPS) is 23.8. The summed E-state index contributed by atoms with van der Waals surface area (Å²) in [6.07, 6.45) is 3.79. The van der Waals surface area contributed by atoms with Crippen molar-refractivity contribution in [2.75, 3.05) is 11.9 Å². The van der Waals surface area contributed by atoms with Gasteiger partial charge in [-0.15, -0.1) is 0 Å². The molecule has 2 fully saturated rings. The highest BCUT2D eigenvalue weighted by molar-refractivity contribution is 6.05. The molecule has 3 amide bonds. The Morgan fingerprint density at radius 3 is 2.43 bits per heavy atom. The summed E-state index contributed by atoms with van der Waals surface area (Å²) in [6, 6.07) is 7.55. The number of likely N-dealkylation sites (tertiary alicyclic amines) is 1. The maximum Gasteiger partial charge on any atom is 0.233 e. The molecular weight excluding hydrogens is 292 g/mol. The van der Waals surface area contributed by atoms with Crippen molar-refractivity contribution < 1.29 is 14.4 Å². The molecule has 1 saturated heterocycles. The van der Waals surface area contributed by atoms with E-state index in [-0.39, 0.29) is 42.5 Å². The predicted molar refractivity (Wildman–Crippen MR) is 86.6 cm³/mol. The number of fused-ring (bicyclic) bond motifs is 1. The third-order valence-electron chi connectivity index (χ3n) is 4.80. The third-order valence-corrected chi connectivity index (χ3v) is 4.80. The van der Waals surface area contributed by atoms with Crippen LogP contribution in [0.3, 0.4) is 0 Å². The van der Waals surface area contributed by atoms with Crippen LogP contribution in [0, 0.1) is 18.8 Å². The average Bonchev–Trinajstić information content (AvgIpc) is 2.77. The van der Waals surface area contributed by atoms with Gasteiger partial charge in [-0.05, 0) is 37.5 Å². The highest BCUT2D eigenvalue weighted by Crippen LogP contribution is 2.37. The maximum absolute atomic E-state index is 12.3. The molecule has 1 aromatic carbocycles. The fourth-order valence-electron chi connectivity index (χ4n) is 3.61. The fourth-order valence-corrected chi connectivity index (χ4v) is 3.61. The molecule has 0 bridgehead atoms. The van der Waals surface area contributed by atoms with Gasteiger partial charge in [0.15, 0.2) is 0 Å². The van der Waals surface area contributed by atoms with Crippen LogP contribution in [0.5, 0.6) is 0 Å². The number of nitrogens with zero attached hydrogens (tertiary/aromatic N) is 1. The summed E-state index contributed by atoms with van der Waals surface area (Å²) in [5.74, 6) is -0.621. The zero-order valence-corrected chi connectivity index (χ0v) is 13.4. The number of benzene rings is 1. The first-order chi connectivity index (χ1) is 11.1. The van der Waals surface area contributed by atoms with E-state index in [1.165, 1.54) is 4.90 Å². The standard InChI is InChI=1S/C18H22N2O3/c1-12-5-4-6-13(11-12)19-16(21)9-10-20-17(22)14-7-2-3-8-15(14)18(20)23/h4-6,11,14-15H,2-3,7-10H2,1H3,(H,19,21)/t14-,15+. The highest BCUT2D eigenvalue weighted by atomic mass is 16.2. The van der Waals surface area contributed by atoms with Gasteiger partial charge in [-0.2, -0.15) is 0 Å². The Balaban J connectivity index is 1.56. The summed E-state index contributed by atoms with van der Waals surface area (Å²) in [5, 5.41) is 2.81. The van der Waals surface area contributed by atoms with E-state index in [9.17, 15) is 14.4 Å². The molecule has 2 aliphatic rings. The molecule has 1 aliphatic heterocycles. The summed E-state index contributed by atoms with van der Waals surface area (Å²) in [5.41, 5.74) is 1.81. The summed E-state index contributed by atoms with van der Waals surface area (Å²) in [4.78, 5) is 38.0. The minimum atomic E-state index is -0.175. The van der Waals surface area contributed by atoms with E-state index in [0.29, 0.717) is 0 Å². The summed E-state index contributed by atoms with van der Waals surface area (Å²) in [7, 11) is 0. The van der Waals surface area contributed by atoms with Gasteiger partial charge >= 0.3 is 0 Å². The molecule has 1 N–H and O–H groups in total. The minimum Gasteiger partial charge on any atom is -0.326 e.